The summed E-state index contributed by atoms with van der Waals surface area (Å²) < 4.78 is 0. The number of rotatable bonds is 9. The Morgan fingerprint density at radius 1 is 1.23 bits per heavy atom. The van der Waals surface area contributed by atoms with E-state index in [9.17, 15) is 4.79 Å². The monoisotopic (exact) mass is 537 g/mol. The van der Waals surface area contributed by atoms with E-state index in [0.717, 1.165) is 46.6 Å². The molecule has 0 radical (unpaired) electrons. The number of hydrogen-bond acceptors (Lipinski definition) is 5. The minimum absolute atomic E-state index is 0.107. The molecule has 0 unspecified atom stereocenters. The zero-order valence-corrected chi connectivity index (χ0v) is 22.6. The summed E-state index contributed by atoms with van der Waals surface area (Å²) in [6.45, 7) is 17.9. The normalized spacial score (nSPS) is 13.8. The van der Waals surface area contributed by atoms with Crippen LogP contribution in [0.5, 0.6) is 0 Å². The number of aromatic nitrogens is 1. The Balaban J connectivity index is 0.00000210. The number of hydrazone groups is 1. The van der Waals surface area contributed by atoms with Gasteiger partial charge >= 0.3 is 0 Å². The van der Waals surface area contributed by atoms with E-state index in [-0.39, 0.29) is 11.8 Å². The van der Waals surface area contributed by atoms with Gasteiger partial charge in [0.05, 0.1) is 0 Å². The molecule has 1 aromatic carbocycles. The molecule has 1 aliphatic heterocycles. The molecule has 1 aliphatic rings. The standard InChI is InChI=1S/C27H33N5O.CH3Br/c1-20(2)32(28-5)26(30-19-23-10-8-14-29-18-23)17-22(4)24-12-15-31(16-13-24)27(33)25-11-7-6-9-21(25)3;1-2/h6-11,14,17-18,24,30H,1,4-5,12-13,15-16,19H2,2-3H3;1H3/b26-17-;. The highest BCUT2D eigenvalue weighted by atomic mass is 79.9. The van der Waals surface area contributed by atoms with Crippen LogP contribution >= 0.6 is 15.9 Å². The number of aryl methyl sites for hydroxylation is 1. The van der Waals surface area contributed by atoms with E-state index in [1.165, 1.54) is 0 Å². The molecule has 1 N–H and O–H groups in total. The molecule has 3 rings (SSSR count). The summed E-state index contributed by atoms with van der Waals surface area (Å²) in [6.07, 6.45) is 7.34. The van der Waals surface area contributed by atoms with E-state index in [1.807, 2.05) is 73.3 Å². The average Bonchev–Trinajstić information content (AvgIpc) is 2.89. The second kappa shape index (κ2) is 14.3. The molecule has 6 nitrogen and oxygen atoms in total. The van der Waals surface area contributed by atoms with Crippen LogP contribution in [0.2, 0.25) is 0 Å². The maximum Gasteiger partial charge on any atom is 0.254 e. The number of alkyl halides is 1. The Hall–Kier alpha value is -3.19. The first-order valence-electron chi connectivity index (χ1n) is 11.6. The number of hydrogen-bond donors (Lipinski definition) is 1. The molecule has 7 heteroatoms. The van der Waals surface area contributed by atoms with Crippen LogP contribution in [-0.2, 0) is 6.54 Å². The van der Waals surface area contributed by atoms with E-state index in [2.05, 4.69) is 51.2 Å². The van der Waals surface area contributed by atoms with Crippen molar-refractivity contribution in [3.8, 4) is 0 Å². The fourth-order valence-corrected chi connectivity index (χ4v) is 4.01. The predicted octanol–water partition coefficient (Wildman–Crippen LogP) is 5.89. The summed E-state index contributed by atoms with van der Waals surface area (Å²) in [5, 5.41) is 9.22. The molecular formula is C28H36BrN5O. The Morgan fingerprint density at radius 3 is 2.49 bits per heavy atom. The largest absolute Gasteiger partial charge is 0.366 e. The number of nitrogens with one attached hydrogen (secondary N) is 1. The van der Waals surface area contributed by atoms with Crippen molar-refractivity contribution in [1.82, 2.24) is 20.2 Å². The summed E-state index contributed by atoms with van der Waals surface area (Å²) in [5.41, 5.74) is 4.61. The van der Waals surface area contributed by atoms with Crippen molar-refractivity contribution >= 4 is 28.6 Å². The van der Waals surface area contributed by atoms with Gasteiger partial charge in [0.2, 0.25) is 0 Å². The quantitative estimate of drug-likeness (QED) is 0.187. The maximum absolute atomic E-state index is 12.9. The minimum atomic E-state index is 0.107. The van der Waals surface area contributed by atoms with Crippen LogP contribution in [-0.4, -0.2) is 46.4 Å². The summed E-state index contributed by atoms with van der Waals surface area (Å²) in [4.78, 5) is 19.1. The van der Waals surface area contributed by atoms with E-state index in [4.69, 9.17) is 0 Å². The lowest BCUT2D eigenvalue weighted by atomic mass is 9.89. The third-order valence-corrected chi connectivity index (χ3v) is 5.93. The number of pyridine rings is 1. The highest BCUT2D eigenvalue weighted by Crippen LogP contribution is 2.27. The van der Waals surface area contributed by atoms with Crippen LogP contribution in [0.3, 0.4) is 0 Å². The number of piperidine rings is 1. The lowest BCUT2D eigenvalue weighted by Crippen LogP contribution is -2.39. The third-order valence-electron chi connectivity index (χ3n) is 5.93. The van der Waals surface area contributed by atoms with Gasteiger partial charge in [0, 0.05) is 50.0 Å². The van der Waals surface area contributed by atoms with Crippen molar-refractivity contribution in [2.75, 3.05) is 18.9 Å². The van der Waals surface area contributed by atoms with Crippen molar-refractivity contribution < 1.29 is 4.79 Å². The predicted molar refractivity (Wildman–Crippen MR) is 149 cm³/mol. The number of carbonyl (C=O) groups is 1. The van der Waals surface area contributed by atoms with Crippen LogP contribution in [0.25, 0.3) is 0 Å². The van der Waals surface area contributed by atoms with Crippen LogP contribution < -0.4 is 5.32 Å². The zero-order valence-electron chi connectivity index (χ0n) is 21.0. The van der Waals surface area contributed by atoms with Crippen molar-refractivity contribution in [1.29, 1.82) is 0 Å². The first-order valence-corrected chi connectivity index (χ1v) is 13.2. The second-order valence-electron chi connectivity index (χ2n) is 8.39. The molecule has 2 heterocycles. The number of halogens is 1. The SMILES string of the molecule is C=NN(C(=C)C)/C(=C\C(=C)C1CCN(C(=O)c2ccccc2C)CC1)NCc1cccnc1.CBr. The highest BCUT2D eigenvalue weighted by molar-refractivity contribution is 9.08. The molecular weight excluding hydrogens is 502 g/mol. The molecule has 0 spiro atoms. The second-order valence-corrected chi connectivity index (χ2v) is 8.39. The summed E-state index contributed by atoms with van der Waals surface area (Å²) in [5.74, 6) is 2.98. The molecule has 0 saturated carbocycles. The molecule has 1 fully saturated rings. The Labute approximate surface area is 218 Å². The Bertz CT molecular complexity index is 1040. The number of allylic oxidation sites excluding steroid dienone is 3. The topological polar surface area (TPSA) is 60.8 Å². The molecule has 1 saturated heterocycles. The Kier molecular flexibility index (Phi) is 11.4. The Morgan fingerprint density at radius 2 is 1.91 bits per heavy atom. The van der Waals surface area contributed by atoms with Gasteiger partial charge in [-0.1, -0.05) is 53.4 Å². The van der Waals surface area contributed by atoms with Gasteiger partial charge in [-0.15, -0.1) is 0 Å². The van der Waals surface area contributed by atoms with Gasteiger partial charge in [-0.2, -0.15) is 5.10 Å². The molecule has 0 atom stereocenters. The number of nitrogens with zero attached hydrogens (tertiary/aromatic N) is 4. The van der Waals surface area contributed by atoms with Gasteiger partial charge in [-0.3, -0.25) is 9.78 Å². The van der Waals surface area contributed by atoms with Crippen molar-refractivity contribution in [2.45, 2.75) is 33.2 Å². The first kappa shape index (κ1) is 28.1. The maximum atomic E-state index is 12.9. The minimum Gasteiger partial charge on any atom is -0.366 e. The van der Waals surface area contributed by atoms with Gasteiger partial charge in [-0.25, -0.2) is 5.01 Å². The number of likely N-dealkylation sites (tertiary alicyclic amines) is 1. The van der Waals surface area contributed by atoms with Crippen LogP contribution in [0.4, 0.5) is 0 Å². The number of carbonyl (C=O) groups excluding carboxylic acids is 1. The molecule has 0 aliphatic carbocycles. The van der Waals surface area contributed by atoms with E-state index in [0.29, 0.717) is 19.6 Å². The zero-order chi connectivity index (χ0) is 25.8. The smallest absolute Gasteiger partial charge is 0.254 e. The number of amides is 1. The van der Waals surface area contributed by atoms with Gasteiger partial charge in [0.15, 0.2) is 0 Å². The van der Waals surface area contributed by atoms with Gasteiger partial charge in [0.25, 0.3) is 5.91 Å². The summed E-state index contributed by atoms with van der Waals surface area (Å²) in [6, 6.07) is 11.7. The van der Waals surface area contributed by atoms with Gasteiger partial charge in [0.1, 0.15) is 5.82 Å². The van der Waals surface area contributed by atoms with Crippen LogP contribution in [0.1, 0.15) is 41.3 Å². The third kappa shape index (κ3) is 7.92. The summed E-state index contributed by atoms with van der Waals surface area (Å²) in [7, 11) is 0. The lowest BCUT2D eigenvalue weighted by Gasteiger charge is -2.33. The molecule has 2 aromatic rings. The van der Waals surface area contributed by atoms with Crippen molar-refractivity contribution in [3.05, 3.63) is 102 Å². The highest BCUT2D eigenvalue weighted by Gasteiger charge is 2.25. The molecule has 1 aromatic heterocycles. The van der Waals surface area contributed by atoms with E-state index in [1.54, 1.807) is 11.2 Å². The lowest BCUT2D eigenvalue weighted by molar-refractivity contribution is 0.0702. The van der Waals surface area contributed by atoms with Gasteiger partial charge in [-0.05, 0) is 73.3 Å². The molecule has 1 amide bonds. The molecule has 186 valence electrons. The van der Waals surface area contributed by atoms with Crippen molar-refractivity contribution in [2.24, 2.45) is 11.0 Å². The molecule has 35 heavy (non-hydrogen) atoms. The fourth-order valence-electron chi connectivity index (χ4n) is 4.01. The number of benzene rings is 1. The van der Waals surface area contributed by atoms with Crippen LogP contribution in [0.15, 0.2) is 90.2 Å². The molecule has 0 bridgehead atoms. The van der Waals surface area contributed by atoms with E-state index >= 15 is 0 Å². The fraction of sp³-hybridized carbons (Fsp3) is 0.321. The average molecular weight is 539 g/mol. The van der Waals surface area contributed by atoms with E-state index < -0.39 is 0 Å². The first-order chi connectivity index (χ1) is 16.9. The van der Waals surface area contributed by atoms with Crippen LogP contribution in [0, 0.1) is 12.8 Å². The van der Waals surface area contributed by atoms with Gasteiger partial charge < -0.3 is 10.2 Å². The summed E-state index contributed by atoms with van der Waals surface area (Å²) >= 11 is 2.94. The van der Waals surface area contributed by atoms with Crippen molar-refractivity contribution in [3.63, 3.8) is 0 Å².